The Balaban J connectivity index is 1.97. The second-order valence-electron chi connectivity index (χ2n) is 5.84. The lowest BCUT2D eigenvalue weighted by Gasteiger charge is -2.21. The fraction of sp³-hybridized carbons (Fsp3) is 0.647. The van der Waals surface area contributed by atoms with Crippen LogP contribution >= 0.6 is 11.6 Å². The van der Waals surface area contributed by atoms with Crippen molar-refractivity contribution in [3.05, 3.63) is 34.9 Å². The highest BCUT2D eigenvalue weighted by Crippen LogP contribution is 2.34. The summed E-state index contributed by atoms with van der Waals surface area (Å²) in [4.78, 5) is 0. The van der Waals surface area contributed by atoms with E-state index in [-0.39, 0.29) is 0 Å². The average molecular weight is 280 g/mol. The van der Waals surface area contributed by atoms with Crippen LogP contribution in [0.5, 0.6) is 0 Å². The second-order valence-corrected chi connectivity index (χ2v) is 6.28. The van der Waals surface area contributed by atoms with Crippen LogP contribution in [0.2, 0.25) is 5.02 Å². The van der Waals surface area contributed by atoms with Crippen molar-refractivity contribution in [3.8, 4) is 0 Å². The van der Waals surface area contributed by atoms with Gasteiger partial charge >= 0.3 is 0 Å². The van der Waals surface area contributed by atoms with Gasteiger partial charge in [0.05, 0.1) is 0 Å². The predicted octanol–water partition coefficient (Wildman–Crippen LogP) is 5.00. The first kappa shape index (κ1) is 14.9. The number of nitrogens with one attached hydrogen (secondary N) is 1. The maximum atomic E-state index is 6.00. The van der Waals surface area contributed by atoms with Crippen molar-refractivity contribution in [1.29, 1.82) is 0 Å². The van der Waals surface area contributed by atoms with Crippen molar-refractivity contribution in [2.75, 3.05) is 13.1 Å². The molecule has 1 aromatic carbocycles. The monoisotopic (exact) mass is 279 g/mol. The van der Waals surface area contributed by atoms with Crippen LogP contribution < -0.4 is 5.32 Å². The molecule has 19 heavy (non-hydrogen) atoms. The van der Waals surface area contributed by atoms with E-state index in [0.29, 0.717) is 5.92 Å². The summed E-state index contributed by atoms with van der Waals surface area (Å²) in [5.41, 5.74) is 1.44. The average Bonchev–Trinajstić information content (AvgIpc) is 2.92. The summed E-state index contributed by atoms with van der Waals surface area (Å²) in [6.07, 6.45) is 8.26. The van der Waals surface area contributed by atoms with E-state index in [4.69, 9.17) is 11.6 Å². The molecule has 2 rings (SSSR count). The predicted molar refractivity (Wildman–Crippen MR) is 83.9 cm³/mol. The van der Waals surface area contributed by atoms with Crippen LogP contribution in [-0.4, -0.2) is 13.1 Å². The van der Waals surface area contributed by atoms with Crippen molar-refractivity contribution in [2.24, 2.45) is 5.92 Å². The highest BCUT2D eigenvalue weighted by Gasteiger charge is 2.21. The van der Waals surface area contributed by atoms with Crippen molar-refractivity contribution in [3.63, 3.8) is 0 Å². The molecule has 0 radical (unpaired) electrons. The first-order valence-electron chi connectivity index (χ1n) is 7.75. The number of halogens is 1. The van der Waals surface area contributed by atoms with E-state index in [2.05, 4.69) is 24.4 Å². The lowest BCUT2D eigenvalue weighted by Crippen LogP contribution is -2.23. The number of hydrogen-bond acceptors (Lipinski definition) is 1. The van der Waals surface area contributed by atoms with Crippen LogP contribution in [0.15, 0.2) is 24.3 Å². The Bertz CT molecular complexity index is 354. The van der Waals surface area contributed by atoms with Crippen molar-refractivity contribution in [2.45, 2.75) is 51.4 Å². The topological polar surface area (TPSA) is 12.0 Å². The standard InChI is InChI=1S/C17H26ClN/c1-2-11-19-13-16(12-14-5-3-4-6-14)15-7-9-17(18)10-8-15/h7-10,14,16,19H,2-6,11-13H2,1H3. The molecule has 0 aliphatic heterocycles. The third kappa shape index (κ3) is 4.81. The molecule has 0 bridgehead atoms. The van der Waals surface area contributed by atoms with Gasteiger partial charge in [-0.2, -0.15) is 0 Å². The molecule has 1 fully saturated rings. The first-order valence-corrected chi connectivity index (χ1v) is 8.13. The van der Waals surface area contributed by atoms with E-state index in [1.165, 1.54) is 44.1 Å². The number of rotatable bonds is 7. The second kappa shape index (κ2) is 7.91. The molecular weight excluding hydrogens is 254 g/mol. The fourth-order valence-electron chi connectivity index (χ4n) is 3.17. The molecule has 1 unspecified atom stereocenters. The molecule has 0 saturated heterocycles. The molecule has 1 aromatic rings. The van der Waals surface area contributed by atoms with Crippen molar-refractivity contribution in [1.82, 2.24) is 5.32 Å². The van der Waals surface area contributed by atoms with Crippen LogP contribution in [-0.2, 0) is 0 Å². The van der Waals surface area contributed by atoms with Crippen LogP contribution in [0.3, 0.4) is 0 Å². The van der Waals surface area contributed by atoms with Crippen LogP contribution in [0.1, 0.15) is 56.9 Å². The van der Waals surface area contributed by atoms with Crippen LogP contribution in [0, 0.1) is 5.92 Å². The molecule has 0 amide bonds. The summed E-state index contributed by atoms with van der Waals surface area (Å²) in [6.45, 7) is 4.45. The molecule has 1 aliphatic rings. The van der Waals surface area contributed by atoms with Gasteiger partial charge in [0.15, 0.2) is 0 Å². The molecule has 1 N–H and O–H groups in total. The van der Waals surface area contributed by atoms with Crippen molar-refractivity contribution < 1.29 is 0 Å². The minimum Gasteiger partial charge on any atom is -0.316 e. The molecule has 0 aromatic heterocycles. The van der Waals surface area contributed by atoms with Gasteiger partial charge in [-0.3, -0.25) is 0 Å². The summed E-state index contributed by atoms with van der Waals surface area (Å²) in [5, 5.41) is 4.43. The van der Waals surface area contributed by atoms with Gasteiger partial charge in [-0.1, -0.05) is 56.3 Å². The first-order chi connectivity index (χ1) is 9.29. The third-order valence-electron chi connectivity index (χ3n) is 4.25. The zero-order valence-corrected chi connectivity index (χ0v) is 12.8. The molecule has 1 atom stereocenters. The molecule has 0 heterocycles. The third-order valence-corrected chi connectivity index (χ3v) is 4.50. The Morgan fingerprint density at radius 1 is 1.21 bits per heavy atom. The maximum absolute atomic E-state index is 6.00. The molecule has 1 saturated carbocycles. The summed E-state index contributed by atoms with van der Waals surface area (Å²) >= 11 is 6.00. The minimum atomic E-state index is 0.645. The van der Waals surface area contributed by atoms with E-state index >= 15 is 0 Å². The lowest BCUT2D eigenvalue weighted by molar-refractivity contribution is 0.427. The SMILES string of the molecule is CCCNCC(CC1CCCC1)c1ccc(Cl)cc1. The van der Waals surface area contributed by atoms with E-state index < -0.39 is 0 Å². The maximum Gasteiger partial charge on any atom is 0.0406 e. The largest absolute Gasteiger partial charge is 0.316 e. The molecule has 1 aliphatic carbocycles. The fourth-order valence-corrected chi connectivity index (χ4v) is 3.30. The van der Waals surface area contributed by atoms with Gasteiger partial charge in [0.1, 0.15) is 0 Å². The number of hydrogen-bond donors (Lipinski definition) is 1. The highest BCUT2D eigenvalue weighted by atomic mass is 35.5. The van der Waals surface area contributed by atoms with Gasteiger partial charge in [0.25, 0.3) is 0 Å². The van der Waals surface area contributed by atoms with E-state index in [9.17, 15) is 0 Å². The summed E-state index contributed by atoms with van der Waals surface area (Å²) < 4.78 is 0. The quantitative estimate of drug-likeness (QED) is 0.692. The van der Waals surface area contributed by atoms with E-state index in [1.54, 1.807) is 0 Å². The van der Waals surface area contributed by atoms with Gasteiger partial charge in [0.2, 0.25) is 0 Å². The smallest absolute Gasteiger partial charge is 0.0406 e. The van der Waals surface area contributed by atoms with Gasteiger partial charge in [-0.15, -0.1) is 0 Å². The summed E-state index contributed by atoms with van der Waals surface area (Å²) in [7, 11) is 0. The van der Waals surface area contributed by atoms with E-state index in [0.717, 1.165) is 24.0 Å². The molecule has 2 heteroatoms. The van der Waals surface area contributed by atoms with Crippen LogP contribution in [0.25, 0.3) is 0 Å². The van der Waals surface area contributed by atoms with Gasteiger partial charge in [-0.05, 0) is 48.9 Å². The summed E-state index contributed by atoms with van der Waals surface area (Å²) in [6, 6.07) is 8.46. The highest BCUT2D eigenvalue weighted by molar-refractivity contribution is 6.30. The lowest BCUT2D eigenvalue weighted by atomic mass is 9.88. The minimum absolute atomic E-state index is 0.645. The Hall–Kier alpha value is -0.530. The Morgan fingerprint density at radius 2 is 1.89 bits per heavy atom. The normalized spacial score (nSPS) is 17.8. The Morgan fingerprint density at radius 3 is 2.53 bits per heavy atom. The molecular formula is C17H26ClN. The zero-order valence-electron chi connectivity index (χ0n) is 12.0. The van der Waals surface area contributed by atoms with E-state index in [1.807, 2.05) is 12.1 Å². The zero-order chi connectivity index (χ0) is 13.5. The van der Waals surface area contributed by atoms with Gasteiger partial charge < -0.3 is 5.32 Å². The number of benzene rings is 1. The van der Waals surface area contributed by atoms with Gasteiger partial charge in [0, 0.05) is 11.6 Å². The van der Waals surface area contributed by atoms with Gasteiger partial charge in [-0.25, -0.2) is 0 Å². The molecule has 1 nitrogen and oxygen atoms in total. The molecule has 0 spiro atoms. The Kier molecular flexibility index (Phi) is 6.19. The van der Waals surface area contributed by atoms with Crippen molar-refractivity contribution >= 4 is 11.6 Å². The summed E-state index contributed by atoms with van der Waals surface area (Å²) in [5.74, 6) is 1.58. The molecule has 106 valence electrons. The Labute approximate surface area is 122 Å². The van der Waals surface area contributed by atoms with Crippen LogP contribution in [0.4, 0.5) is 0 Å².